The van der Waals surface area contributed by atoms with Gasteiger partial charge in [-0.3, -0.25) is 4.79 Å². The average molecular weight is 393 g/mol. The lowest BCUT2D eigenvalue weighted by Gasteiger charge is -2.37. The highest BCUT2D eigenvalue weighted by atomic mass is 16.5. The highest BCUT2D eigenvalue weighted by Crippen LogP contribution is 2.43. The SMILES string of the molecule is COCc1cn([C@@H]2C[C@@H]3CN(C(=O)C(C)(C)O)C[C@@H]3C[C@H]2OCC2CC2)nn1. The molecule has 0 spiro atoms. The van der Waals surface area contributed by atoms with Gasteiger partial charge < -0.3 is 19.5 Å². The van der Waals surface area contributed by atoms with Crippen LogP contribution in [0.25, 0.3) is 0 Å². The maximum atomic E-state index is 12.5. The van der Waals surface area contributed by atoms with Gasteiger partial charge in [0.1, 0.15) is 11.3 Å². The first-order chi connectivity index (χ1) is 13.3. The molecule has 0 aromatic carbocycles. The molecule has 0 radical (unpaired) electrons. The molecule has 2 saturated carbocycles. The van der Waals surface area contributed by atoms with Crippen LogP contribution in [0.5, 0.6) is 0 Å². The Hall–Kier alpha value is -1.51. The summed E-state index contributed by atoms with van der Waals surface area (Å²) in [6.07, 6.45) is 6.38. The van der Waals surface area contributed by atoms with Crippen LogP contribution in [-0.2, 0) is 20.9 Å². The number of hydrogen-bond acceptors (Lipinski definition) is 6. The largest absolute Gasteiger partial charge is 0.381 e. The molecule has 1 saturated heterocycles. The summed E-state index contributed by atoms with van der Waals surface area (Å²) in [5.74, 6) is 1.33. The lowest BCUT2D eigenvalue weighted by atomic mass is 9.77. The van der Waals surface area contributed by atoms with Crippen molar-refractivity contribution in [3.63, 3.8) is 0 Å². The van der Waals surface area contributed by atoms with Crippen molar-refractivity contribution < 1.29 is 19.4 Å². The van der Waals surface area contributed by atoms with E-state index < -0.39 is 5.60 Å². The van der Waals surface area contributed by atoms with E-state index >= 15 is 0 Å². The molecule has 4 rings (SSSR count). The number of carbonyl (C=O) groups excluding carboxylic acids is 1. The second-order valence-electron chi connectivity index (χ2n) is 9.27. The number of rotatable bonds is 7. The van der Waals surface area contributed by atoms with E-state index in [-0.39, 0.29) is 18.1 Å². The maximum absolute atomic E-state index is 12.5. The van der Waals surface area contributed by atoms with Crippen molar-refractivity contribution in [1.82, 2.24) is 19.9 Å². The van der Waals surface area contributed by atoms with E-state index in [1.165, 1.54) is 12.8 Å². The Morgan fingerprint density at radius 3 is 2.64 bits per heavy atom. The fourth-order valence-electron chi connectivity index (χ4n) is 4.63. The Bertz CT molecular complexity index is 697. The number of methoxy groups -OCH3 is 1. The summed E-state index contributed by atoms with van der Waals surface area (Å²) in [7, 11) is 1.65. The van der Waals surface area contributed by atoms with Crippen molar-refractivity contribution in [3.05, 3.63) is 11.9 Å². The van der Waals surface area contributed by atoms with Gasteiger partial charge in [-0.15, -0.1) is 5.10 Å². The third kappa shape index (κ3) is 4.23. The van der Waals surface area contributed by atoms with Crippen LogP contribution in [0.1, 0.15) is 51.3 Å². The molecule has 2 aliphatic carbocycles. The van der Waals surface area contributed by atoms with Crippen molar-refractivity contribution in [2.75, 3.05) is 26.8 Å². The van der Waals surface area contributed by atoms with Gasteiger partial charge in [0.25, 0.3) is 5.91 Å². The molecule has 1 amide bonds. The zero-order valence-corrected chi connectivity index (χ0v) is 17.1. The number of aromatic nitrogens is 3. The molecule has 8 nitrogen and oxygen atoms in total. The first-order valence-corrected chi connectivity index (χ1v) is 10.4. The Labute approximate surface area is 166 Å². The molecule has 1 aromatic rings. The Morgan fingerprint density at radius 1 is 1.29 bits per heavy atom. The summed E-state index contributed by atoms with van der Waals surface area (Å²) >= 11 is 0. The van der Waals surface area contributed by atoms with E-state index in [0.29, 0.717) is 37.5 Å². The second-order valence-corrected chi connectivity index (χ2v) is 9.27. The number of amides is 1. The first-order valence-electron chi connectivity index (χ1n) is 10.4. The molecule has 3 fully saturated rings. The third-order valence-electron chi connectivity index (χ3n) is 6.33. The summed E-state index contributed by atoms with van der Waals surface area (Å²) in [6, 6.07) is 0.121. The summed E-state index contributed by atoms with van der Waals surface area (Å²) < 4.78 is 13.4. The standard InChI is InChI=1S/C20H32N4O4/c1-20(2,26)19(25)23-8-14-6-17(24-10-16(12-27-3)21-22-24)18(7-15(14)9-23)28-11-13-4-5-13/h10,13-15,17-18,26H,4-9,11-12H2,1-3H3/t14-,15+,17-,18-/m1/s1. The van der Waals surface area contributed by atoms with E-state index in [9.17, 15) is 9.90 Å². The first kappa shape index (κ1) is 19.8. The van der Waals surface area contributed by atoms with Gasteiger partial charge in [-0.1, -0.05) is 5.21 Å². The van der Waals surface area contributed by atoms with E-state index in [1.54, 1.807) is 21.0 Å². The van der Waals surface area contributed by atoms with Crippen LogP contribution in [0.4, 0.5) is 0 Å². The number of hydrogen-bond donors (Lipinski definition) is 1. The van der Waals surface area contributed by atoms with Gasteiger partial charge in [0.15, 0.2) is 0 Å². The Morgan fingerprint density at radius 2 is 2.00 bits per heavy atom. The number of nitrogens with zero attached hydrogens (tertiary/aromatic N) is 4. The minimum Gasteiger partial charge on any atom is -0.381 e. The number of carbonyl (C=O) groups is 1. The van der Waals surface area contributed by atoms with Crippen LogP contribution in [0.3, 0.4) is 0 Å². The monoisotopic (exact) mass is 392 g/mol. The molecule has 0 unspecified atom stereocenters. The molecule has 8 heteroatoms. The molecule has 1 aliphatic heterocycles. The fraction of sp³-hybridized carbons (Fsp3) is 0.850. The molecule has 3 aliphatic rings. The number of ether oxygens (including phenoxy) is 2. The van der Waals surface area contributed by atoms with Crippen LogP contribution >= 0.6 is 0 Å². The van der Waals surface area contributed by atoms with Crippen molar-refractivity contribution in [2.45, 2.75) is 63.9 Å². The molecular formula is C20H32N4O4. The van der Waals surface area contributed by atoms with Crippen molar-refractivity contribution >= 4 is 5.91 Å². The minimum absolute atomic E-state index is 0.0798. The number of fused-ring (bicyclic) bond motifs is 1. The number of aliphatic hydroxyl groups is 1. The molecule has 1 aromatic heterocycles. The summed E-state index contributed by atoms with van der Waals surface area (Å²) in [6.45, 7) is 5.78. The van der Waals surface area contributed by atoms with Gasteiger partial charge in [-0.05, 0) is 57.3 Å². The van der Waals surface area contributed by atoms with Gasteiger partial charge in [0.05, 0.1) is 24.9 Å². The zero-order chi connectivity index (χ0) is 19.9. The average Bonchev–Trinajstić information content (AvgIpc) is 3.20. The predicted octanol–water partition coefficient (Wildman–Crippen LogP) is 1.40. The summed E-state index contributed by atoms with van der Waals surface area (Å²) in [4.78, 5) is 14.4. The third-order valence-corrected chi connectivity index (χ3v) is 6.33. The lowest BCUT2D eigenvalue weighted by Crippen LogP contribution is -2.44. The number of likely N-dealkylation sites (tertiary alicyclic amines) is 1. The highest BCUT2D eigenvalue weighted by Gasteiger charge is 2.46. The van der Waals surface area contributed by atoms with Crippen LogP contribution in [0, 0.1) is 17.8 Å². The maximum Gasteiger partial charge on any atom is 0.253 e. The zero-order valence-electron chi connectivity index (χ0n) is 17.1. The topological polar surface area (TPSA) is 89.7 Å². The molecule has 4 atom stereocenters. The van der Waals surface area contributed by atoms with Gasteiger partial charge in [-0.2, -0.15) is 0 Å². The molecule has 2 heterocycles. The Kier molecular flexibility index (Phi) is 5.46. The molecule has 28 heavy (non-hydrogen) atoms. The molecular weight excluding hydrogens is 360 g/mol. The van der Waals surface area contributed by atoms with Gasteiger partial charge in [0.2, 0.25) is 0 Å². The summed E-state index contributed by atoms with van der Waals surface area (Å²) in [5.41, 5.74) is -0.508. The smallest absolute Gasteiger partial charge is 0.253 e. The van der Waals surface area contributed by atoms with Crippen molar-refractivity contribution in [3.8, 4) is 0 Å². The fourth-order valence-corrected chi connectivity index (χ4v) is 4.63. The normalized spacial score (nSPS) is 30.5. The van der Waals surface area contributed by atoms with Crippen LogP contribution < -0.4 is 0 Å². The van der Waals surface area contributed by atoms with E-state index in [1.807, 2.05) is 15.8 Å². The quantitative estimate of drug-likeness (QED) is 0.754. The summed E-state index contributed by atoms with van der Waals surface area (Å²) in [5, 5.41) is 18.7. The molecule has 1 N–H and O–H groups in total. The van der Waals surface area contributed by atoms with Gasteiger partial charge in [-0.25, -0.2) is 4.68 Å². The van der Waals surface area contributed by atoms with E-state index in [0.717, 1.165) is 25.1 Å². The van der Waals surface area contributed by atoms with E-state index in [4.69, 9.17) is 9.47 Å². The predicted molar refractivity (Wildman–Crippen MR) is 101 cm³/mol. The highest BCUT2D eigenvalue weighted by molar-refractivity contribution is 5.84. The van der Waals surface area contributed by atoms with Crippen LogP contribution in [0.15, 0.2) is 6.20 Å². The van der Waals surface area contributed by atoms with Crippen molar-refractivity contribution in [1.29, 1.82) is 0 Å². The lowest BCUT2D eigenvalue weighted by molar-refractivity contribution is -0.146. The van der Waals surface area contributed by atoms with Gasteiger partial charge >= 0.3 is 0 Å². The van der Waals surface area contributed by atoms with E-state index in [2.05, 4.69) is 10.3 Å². The molecule has 156 valence electrons. The minimum atomic E-state index is -1.32. The molecule has 0 bridgehead atoms. The Balaban J connectivity index is 1.48. The van der Waals surface area contributed by atoms with Crippen LogP contribution in [-0.4, -0.2) is 69.4 Å². The second kappa shape index (κ2) is 7.72. The van der Waals surface area contributed by atoms with Crippen molar-refractivity contribution in [2.24, 2.45) is 17.8 Å². The van der Waals surface area contributed by atoms with Gasteiger partial charge in [0, 0.05) is 26.8 Å². The van der Waals surface area contributed by atoms with Crippen LogP contribution in [0.2, 0.25) is 0 Å².